The van der Waals surface area contributed by atoms with Gasteiger partial charge in [0.15, 0.2) is 0 Å². The van der Waals surface area contributed by atoms with E-state index >= 15 is 0 Å². The van der Waals surface area contributed by atoms with E-state index in [9.17, 15) is 4.79 Å². The van der Waals surface area contributed by atoms with Gasteiger partial charge in [-0.05, 0) is 36.2 Å². The molecule has 0 bridgehead atoms. The van der Waals surface area contributed by atoms with Crippen molar-refractivity contribution in [1.82, 2.24) is 14.4 Å². The Labute approximate surface area is 145 Å². The monoisotopic (exact) mass is 339 g/mol. The molecule has 1 fully saturated rings. The van der Waals surface area contributed by atoms with Crippen molar-refractivity contribution in [1.29, 1.82) is 0 Å². The standard InChI is InChI=1S/C19H21N3OS/c1-2-20-11-13-21(14-12-20)19(23)17-7-8-18(24-17)22-10-9-15-5-3-4-6-16(15)22/h3-10H,2,11-14H2,1H3. The first-order chi connectivity index (χ1) is 11.8. The minimum Gasteiger partial charge on any atom is -0.335 e. The molecule has 1 aromatic carbocycles. The fraction of sp³-hybridized carbons (Fsp3) is 0.316. The molecule has 1 aliphatic rings. The SMILES string of the molecule is CCN1CCN(C(=O)c2ccc(-n3ccc4ccccc43)s2)CC1. The summed E-state index contributed by atoms with van der Waals surface area (Å²) in [7, 11) is 0. The van der Waals surface area contributed by atoms with Crippen LogP contribution in [0.5, 0.6) is 0 Å². The summed E-state index contributed by atoms with van der Waals surface area (Å²) >= 11 is 1.57. The van der Waals surface area contributed by atoms with Crippen molar-refractivity contribution < 1.29 is 4.79 Å². The Bertz CT molecular complexity index is 858. The van der Waals surface area contributed by atoms with Crippen LogP contribution in [0.2, 0.25) is 0 Å². The molecule has 1 amide bonds. The minimum absolute atomic E-state index is 0.165. The summed E-state index contributed by atoms with van der Waals surface area (Å²) in [6.45, 7) is 6.83. The van der Waals surface area contributed by atoms with Gasteiger partial charge in [-0.15, -0.1) is 11.3 Å². The Morgan fingerprint density at radius 1 is 1.04 bits per heavy atom. The smallest absolute Gasteiger partial charge is 0.264 e. The Morgan fingerprint density at radius 2 is 1.83 bits per heavy atom. The summed E-state index contributed by atoms with van der Waals surface area (Å²) < 4.78 is 2.16. The van der Waals surface area contributed by atoms with E-state index in [0.29, 0.717) is 0 Å². The second kappa shape index (κ2) is 6.42. The maximum absolute atomic E-state index is 12.7. The molecule has 4 rings (SSSR count). The number of benzene rings is 1. The number of fused-ring (bicyclic) bond motifs is 1. The highest BCUT2D eigenvalue weighted by Crippen LogP contribution is 2.27. The molecule has 1 saturated heterocycles. The van der Waals surface area contributed by atoms with E-state index in [4.69, 9.17) is 0 Å². The summed E-state index contributed by atoms with van der Waals surface area (Å²) in [4.78, 5) is 17.9. The fourth-order valence-corrected chi connectivity index (χ4v) is 4.24. The molecule has 0 aliphatic carbocycles. The quantitative estimate of drug-likeness (QED) is 0.731. The normalized spacial score (nSPS) is 16.0. The molecule has 0 N–H and O–H groups in total. The molecule has 2 aromatic heterocycles. The van der Waals surface area contributed by atoms with Crippen molar-refractivity contribution in [3.8, 4) is 5.00 Å². The van der Waals surface area contributed by atoms with Crippen molar-refractivity contribution in [3.63, 3.8) is 0 Å². The van der Waals surface area contributed by atoms with Gasteiger partial charge in [0.25, 0.3) is 5.91 Å². The Kier molecular flexibility index (Phi) is 4.12. The third kappa shape index (κ3) is 2.74. The van der Waals surface area contributed by atoms with Gasteiger partial charge in [-0.1, -0.05) is 25.1 Å². The van der Waals surface area contributed by atoms with Crippen molar-refractivity contribution >= 4 is 28.1 Å². The molecular formula is C19H21N3OS. The lowest BCUT2D eigenvalue weighted by atomic mass is 10.2. The van der Waals surface area contributed by atoms with Crippen LogP contribution >= 0.6 is 11.3 Å². The Balaban J connectivity index is 1.55. The number of rotatable bonds is 3. The highest BCUT2D eigenvalue weighted by atomic mass is 32.1. The number of carbonyl (C=O) groups is 1. The van der Waals surface area contributed by atoms with Crippen LogP contribution in [-0.4, -0.2) is 53.0 Å². The maximum atomic E-state index is 12.7. The Hall–Kier alpha value is -2.11. The van der Waals surface area contributed by atoms with Crippen molar-refractivity contribution in [2.24, 2.45) is 0 Å². The van der Waals surface area contributed by atoms with E-state index in [0.717, 1.165) is 42.6 Å². The van der Waals surface area contributed by atoms with Gasteiger partial charge in [-0.2, -0.15) is 0 Å². The average Bonchev–Trinajstić information content (AvgIpc) is 3.28. The lowest BCUT2D eigenvalue weighted by Gasteiger charge is -2.33. The first-order valence-corrected chi connectivity index (χ1v) is 9.26. The lowest BCUT2D eigenvalue weighted by molar-refractivity contribution is 0.0648. The van der Waals surface area contributed by atoms with Gasteiger partial charge in [0, 0.05) is 32.4 Å². The number of likely N-dealkylation sites (N-methyl/N-ethyl adjacent to an activating group) is 1. The molecule has 0 radical (unpaired) electrons. The first-order valence-electron chi connectivity index (χ1n) is 8.44. The number of hydrogen-bond acceptors (Lipinski definition) is 3. The largest absolute Gasteiger partial charge is 0.335 e. The zero-order valence-corrected chi connectivity index (χ0v) is 14.6. The molecule has 5 heteroatoms. The van der Waals surface area contributed by atoms with E-state index < -0.39 is 0 Å². The number of para-hydroxylation sites is 1. The number of aromatic nitrogens is 1. The lowest BCUT2D eigenvalue weighted by Crippen LogP contribution is -2.48. The minimum atomic E-state index is 0.165. The molecule has 3 heterocycles. The topological polar surface area (TPSA) is 28.5 Å². The van der Waals surface area contributed by atoms with E-state index in [2.05, 4.69) is 40.8 Å². The number of nitrogens with zero attached hydrogens (tertiary/aromatic N) is 3. The molecule has 124 valence electrons. The molecule has 24 heavy (non-hydrogen) atoms. The van der Waals surface area contributed by atoms with Crippen LogP contribution in [0.25, 0.3) is 15.9 Å². The third-order valence-electron chi connectivity index (χ3n) is 4.75. The number of piperazine rings is 1. The molecule has 3 aromatic rings. The van der Waals surface area contributed by atoms with Gasteiger partial charge in [0.1, 0.15) is 5.00 Å². The summed E-state index contributed by atoms with van der Waals surface area (Å²) in [5.74, 6) is 0.165. The predicted octanol–water partition coefficient (Wildman–Crippen LogP) is 3.47. The van der Waals surface area contributed by atoms with E-state index in [1.807, 2.05) is 29.2 Å². The molecule has 0 spiro atoms. The molecule has 0 atom stereocenters. The van der Waals surface area contributed by atoms with Crippen LogP contribution in [0.1, 0.15) is 16.6 Å². The Morgan fingerprint density at radius 3 is 2.62 bits per heavy atom. The van der Waals surface area contributed by atoms with Crippen LogP contribution in [0.3, 0.4) is 0 Å². The van der Waals surface area contributed by atoms with Gasteiger partial charge in [0.05, 0.1) is 10.4 Å². The van der Waals surface area contributed by atoms with E-state index in [1.165, 1.54) is 10.9 Å². The summed E-state index contributed by atoms with van der Waals surface area (Å²) in [6.07, 6.45) is 2.07. The predicted molar refractivity (Wildman–Crippen MR) is 99.2 cm³/mol. The van der Waals surface area contributed by atoms with Crippen LogP contribution < -0.4 is 0 Å². The van der Waals surface area contributed by atoms with Crippen molar-refractivity contribution in [2.75, 3.05) is 32.7 Å². The second-order valence-electron chi connectivity index (χ2n) is 6.11. The number of thiophene rings is 1. The first kappa shape index (κ1) is 15.4. The van der Waals surface area contributed by atoms with Crippen LogP contribution in [0.4, 0.5) is 0 Å². The van der Waals surface area contributed by atoms with Crippen LogP contribution in [0, 0.1) is 0 Å². The second-order valence-corrected chi connectivity index (χ2v) is 7.17. The third-order valence-corrected chi connectivity index (χ3v) is 5.82. The van der Waals surface area contributed by atoms with Gasteiger partial charge >= 0.3 is 0 Å². The van der Waals surface area contributed by atoms with Gasteiger partial charge in [-0.25, -0.2) is 0 Å². The van der Waals surface area contributed by atoms with Gasteiger partial charge in [0.2, 0.25) is 0 Å². The highest BCUT2D eigenvalue weighted by molar-refractivity contribution is 7.16. The molecular weight excluding hydrogens is 318 g/mol. The maximum Gasteiger partial charge on any atom is 0.264 e. The average molecular weight is 339 g/mol. The van der Waals surface area contributed by atoms with Crippen molar-refractivity contribution in [2.45, 2.75) is 6.92 Å². The molecule has 1 aliphatic heterocycles. The summed E-state index contributed by atoms with van der Waals surface area (Å²) in [5, 5.41) is 2.31. The summed E-state index contributed by atoms with van der Waals surface area (Å²) in [6, 6.07) is 14.4. The zero-order chi connectivity index (χ0) is 16.5. The van der Waals surface area contributed by atoms with Crippen LogP contribution in [-0.2, 0) is 0 Å². The van der Waals surface area contributed by atoms with E-state index in [-0.39, 0.29) is 5.91 Å². The molecule has 4 nitrogen and oxygen atoms in total. The van der Waals surface area contributed by atoms with Gasteiger partial charge in [-0.3, -0.25) is 4.79 Å². The van der Waals surface area contributed by atoms with Crippen molar-refractivity contribution in [3.05, 3.63) is 53.5 Å². The van der Waals surface area contributed by atoms with E-state index in [1.54, 1.807) is 11.3 Å². The zero-order valence-electron chi connectivity index (χ0n) is 13.8. The highest BCUT2D eigenvalue weighted by Gasteiger charge is 2.22. The molecule has 0 saturated carbocycles. The number of amides is 1. The van der Waals surface area contributed by atoms with Crippen LogP contribution in [0.15, 0.2) is 48.7 Å². The molecule has 0 unspecified atom stereocenters. The number of hydrogen-bond donors (Lipinski definition) is 0. The van der Waals surface area contributed by atoms with Gasteiger partial charge < -0.3 is 14.4 Å². The number of carbonyl (C=O) groups excluding carboxylic acids is 1. The fourth-order valence-electron chi connectivity index (χ4n) is 3.27. The summed E-state index contributed by atoms with van der Waals surface area (Å²) in [5.41, 5.74) is 1.18.